The molecule has 4 rings (SSSR count). The van der Waals surface area contributed by atoms with Gasteiger partial charge in [-0.25, -0.2) is 4.79 Å². The fraction of sp³-hybridized carbons (Fsp3) is 0.227. The monoisotopic (exact) mass is 471 g/mol. The van der Waals surface area contributed by atoms with Crippen molar-refractivity contribution in [1.82, 2.24) is 14.8 Å². The first-order valence-corrected chi connectivity index (χ1v) is 10.3. The average Bonchev–Trinajstić information content (AvgIpc) is 3.05. The minimum atomic E-state index is -0.608. The van der Waals surface area contributed by atoms with Crippen molar-refractivity contribution in [2.45, 2.75) is 33.3 Å². The molecule has 0 fully saturated rings. The number of hydrogen-bond donors (Lipinski definition) is 0. The molecule has 148 valence electrons. The number of aryl methyl sites for hydroxylation is 1. The third-order valence-corrected chi connectivity index (χ3v) is 5.58. The number of carbonyl (C=O) groups excluding carboxylic acids is 1. The number of halogens is 2. The Morgan fingerprint density at radius 2 is 1.93 bits per heavy atom. The van der Waals surface area contributed by atoms with Crippen molar-refractivity contribution in [1.29, 1.82) is 0 Å². The number of aromatic nitrogens is 3. The molecule has 0 aliphatic heterocycles. The Morgan fingerprint density at radius 3 is 2.66 bits per heavy atom. The second-order valence-corrected chi connectivity index (χ2v) is 9.13. The summed E-state index contributed by atoms with van der Waals surface area (Å²) in [4.78, 5) is 17.1. The van der Waals surface area contributed by atoms with Crippen LogP contribution < -0.4 is 0 Å². The second kappa shape index (κ2) is 7.11. The van der Waals surface area contributed by atoms with Crippen molar-refractivity contribution in [2.24, 2.45) is 0 Å². The maximum atomic E-state index is 12.6. The molecule has 7 heteroatoms. The third-order valence-electron chi connectivity index (χ3n) is 4.57. The second-order valence-electron chi connectivity index (χ2n) is 7.87. The molecule has 5 nitrogen and oxygen atoms in total. The van der Waals surface area contributed by atoms with Crippen LogP contribution in [0, 0.1) is 6.92 Å². The average molecular weight is 473 g/mol. The van der Waals surface area contributed by atoms with Gasteiger partial charge in [0, 0.05) is 32.0 Å². The Labute approximate surface area is 181 Å². The maximum Gasteiger partial charge on any atom is 0.435 e. The summed E-state index contributed by atoms with van der Waals surface area (Å²) in [6.45, 7) is 7.49. The highest BCUT2D eigenvalue weighted by molar-refractivity contribution is 9.10. The van der Waals surface area contributed by atoms with Gasteiger partial charge in [-0.3, -0.25) is 4.98 Å². The number of hydrogen-bond acceptors (Lipinski definition) is 4. The predicted octanol–water partition coefficient (Wildman–Crippen LogP) is 6.76. The van der Waals surface area contributed by atoms with Crippen LogP contribution in [0.5, 0.6) is 0 Å². The van der Waals surface area contributed by atoms with Crippen molar-refractivity contribution in [3.05, 3.63) is 57.8 Å². The van der Waals surface area contributed by atoms with Crippen LogP contribution in [0.15, 0.2) is 47.2 Å². The molecule has 2 aromatic heterocycles. The fourth-order valence-electron chi connectivity index (χ4n) is 3.34. The van der Waals surface area contributed by atoms with E-state index < -0.39 is 11.7 Å². The predicted molar refractivity (Wildman–Crippen MR) is 120 cm³/mol. The van der Waals surface area contributed by atoms with Crippen LogP contribution in [0.3, 0.4) is 0 Å². The minimum Gasteiger partial charge on any atom is -0.442 e. The molecule has 0 atom stereocenters. The molecule has 0 amide bonds. The first kappa shape index (κ1) is 19.9. The molecule has 0 bridgehead atoms. The van der Waals surface area contributed by atoms with Gasteiger partial charge in [0.25, 0.3) is 0 Å². The molecule has 0 N–H and O–H groups in total. The number of nitrogens with zero attached hydrogens (tertiary/aromatic N) is 3. The molecular weight excluding hydrogens is 454 g/mol. The number of benzene rings is 2. The lowest BCUT2D eigenvalue weighted by Crippen LogP contribution is -2.27. The van der Waals surface area contributed by atoms with E-state index in [-0.39, 0.29) is 0 Å². The van der Waals surface area contributed by atoms with Gasteiger partial charge in [-0.15, -0.1) is 0 Å². The zero-order valence-electron chi connectivity index (χ0n) is 16.5. The molecule has 0 unspecified atom stereocenters. The summed E-state index contributed by atoms with van der Waals surface area (Å²) in [5, 5.41) is 6.66. The fourth-order valence-corrected chi connectivity index (χ4v) is 4.04. The van der Waals surface area contributed by atoms with Crippen LogP contribution in [0.4, 0.5) is 4.79 Å². The van der Waals surface area contributed by atoms with Gasteiger partial charge in [0.1, 0.15) is 5.60 Å². The summed E-state index contributed by atoms with van der Waals surface area (Å²) in [7, 11) is 0. The summed E-state index contributed by atoms with van der Waals surface area (Å²) in [6.07, 6.45) is 2.91. The Bertz CT molecular complexity index is 1270. The van der Waals surface area contributed by atoms with Crippen molar-refractivity contribution >= 4 is 55.4 Å². The van der Waals surface area contributed by atoms with Crippen LogP contribution in [0.1, 0.15) is 26.3 Å². The molecule has 2 aromatic carbocycles. The van der Waals surface area contributed by atoms with Crippen LogP contribution in [0.2, 0.25) is 5.02 Å². The van der Waals surface area contributed by atoms with Gasteiger partial charge in [0.2, 0.25) is 0 Å². The van der Waals surface area contributed by atoms with Crippen molar-refractivity contribution in [2.75, 3.05) is 0 Å². The quantitative estimate of drug-likeness (QED) is 0.307. The summed E-state index contributed by atoms with van der Waals surface area (Å²) >= 11 is 10.2. The Balaban J connectivity index is 1.93. The Morgan fingerprint density at radius 1 is 1.17 bits per heavy atom. The molecule has 2 heterocycles. The third kappa shape index (κ3) is 3.63. The standard InChI is InChI=1S/C22H19BrClN3O2/c1-12-5-6-19-15(11-26-27(19)21(28)29-22(2,3)4)20(12)14-10-18-13(9-17(14)24)16(23)7-8-25-18/h5-11H,1-4H3. The summed E-state index contributed by atoms with van der Waals surface area (Å²) in [6, 6.07) is 9.58. The smallest absolute Gasteiger partial charge is 0.435 e. The van der Waals surface area contributed by atoms with E-state index in [4.69, 9.17) is 16.3 Å². The number of ether oxygens (including phenoxy) is 1. The molecule has 0 saturated carbocycles. The van der Waals surface area contributed by atoms with E-state index in [1.165, 1.54) is 4.68 Å². The van der Waals surface area contributed by atoms with Gasteiger partial charge in [-0.1, -0.05) is 33.6 Å². The van der Waals surface area contributed by atoms with E-state index in [0.717, 1.165) is 37.5 Å². The highest BCUT2D eigenvalue weighted by atomic mass is 79.9. The van der Waals surface area contributed by atoms with E-state index in [1.54, 1.807) is 12.4 Å². The zero-order valence-corrected chi connectivity index (χ0v) is 18.8. The largest absolute Gasteiger partial charge is 0.442 e. The molecular formula is C22H19BrClN3O2. The van der Waals surface area contributed by atoms with Crippen LogP contribution in [0.25, 0.3) is 32.9 Å². The first-order chi connectivity index (χ1) is 13.7. The molecule has 0 saturated heterocycles. The first-order valence-electron chi connectivity index (χ1n) is 9.10. The molecule has 29 heavy (non-hydrogen) atoms. The molecule has 0 aliphatic carbocycles. The van der Waals surface area contributed by atoms with Crippen molar-refractivity contribution in [3.63, 3.8) is 0 Å². The maximum absolute atomic E-state index is 12.6. The topological polar surface area (TPSA) is 57.0 Å². The van der Waals surface area contributed by atoms with Gasteiger partial charge < -0.3 is 4.74 Å². The van der Waals surface area contributed by atoms with Crippen LogP contribution in [-0.4, -0.2) is 26.5 Å². The van der Waals surface area contributed by atoms with E-state index in [9.17, 15) is 4.79 Å². The lowest BCUT2D eigenvalue weighted by molar-refractivity contribution is 0.0523. The lowest BCUT2D eigenvalue weighted by atomic mass is 9.96. The Hall–Kier alpha value is -2.44. The molecule has 0 radical (unpaired) electrons. The Kier molecular flexibility index (Phi) is 4.87. The normalized spacial score (nSPS) is 11.9. The summed E-state index contributed by atoms with van der Waals surface area (Å²) < 4.78 is 7.70. The highest BCUT2D eigenvalue weighted by Crippen LogP contribution is 2.39. The lowest BCUT2D eigenvalue weighted by Gasteiger charge is -2.19. The number of carbonyl (C=O) groups is 1. The SMILES string of the molecule is Cc1ccc2c(cnn2C(=O)OC(C)(C)C)c1-c1cc2nccc(Br)c2cc1Cl. The molecule has 4 aromatic rings. The number of fused-ring (bicyclic) bond motifs is 2. The zero-order chi connectivity index (χ0) is 20.9. The minimum absolute atomic E-state index is 0.516. The van der Waals surface area contributed by atoms with Gasteiger partial charge in [-0.2, -0.15) is 9.78 Å². The van der Waals surface area contributed by atoms with Crippen molar-refractivity contribution < 1.29 is 9.53 Å². The van der Waals surface area contributed by atoms with Gasteiger partial charge in [0.05, 0.1) is 17.2 Å². The summed E-state index contributed by atoms with van der Waals surface area (Å²) in [5.74, 6) is 0. The van der Waals surface area contributed by atoms with Crippen LogP contribution in [-0.2, 0) is 4.74 Å². The van der Waals surface area contributed by atoms with Crippen LogP contribution >= 0.6 is 27.5 Å². The van der Waals surface area contributed by atoms with Crippen molar-refractivity contribution in [3.8, 4) is 11.1 Å². The van der Waals surface area contributed by atoms with Gasteiger partial charge in [-0.05, 0) is 63.1 Å². The highest BCUT2D eigenvalue weighted by Gasteiger charge is 2.22. The number of rotatable bonds is 1. The molecule has 0 spiro atoms. The molecule has 0 aliphatic rings. The summed E-state index contributed by atoms with van der Waals surface area (Å²) in [5.41, 5.74) is 3.68. The van der Waals surface area contributed by atoms with E-state index >= 15 is 0 Å². The van der Waals surface area contributed by atoms with E-state index in [2.05, 4.69) is 26.0 Å². The van der Waals surface area contributed by atoms with E-state index in [0.29, 0.717) is 10.5 Å². The van der Waals surface area contributed by atoms with Gasteiger partial charge >= 0.3 is 6.09 Å². The van der Waals surface area contributed by atoms with Gasteiger partial charge in [0.15, 0.2) is 0 Å². The van der Waals surface area contributed by atoms with E-state index in [1.807, 2.05) is 58.0 Å². The number of pyridine rings is 1.